The molecule has 0 aliphatic heterocycles. The van der Waals surface area contributed by atoms with E-state index in [0.29, 0.717) is 11.9 Å². The van der Waals surface area contributed by atoms with Gasteiger partial charge in [0.1, 0.15) is 17.8 Å². The minimum absolute atomic E-state index is 0.0618. The third-order valence-corrected chi connectivity index (χ3v) is 3.13. The third kappa shape index (κ3) is 3.10. The zero-order chi connectivity index (χ0) is 16.2. The SMILES string of the molecule is O=Cc1c(OCc2cccn3ccnc23)cncc1OC(F)F. The molecule has 3 heterocycles. The molecular formula is C15H11F2N3O3. The lowest BCUT2D eigenvalue weighted by Gasteiger charge is -2.12. The number of aldehydes is 1. The van der Waals surface area contributed by atoms with Crippen LogP contribution >= 0.6 is 0 Å². The topological polar surface area (TPSA) is 65.7 Å². The molecule has 0 atom stereocenters. The fourth-order valence-corrected chi connectivity index (χ4v) is 2.13. The monoisotopic (exact) mass is 319 g/mol. The van der Waals surface area contributed by atoms with Crippen LogP contribution in [0.1, 0.15) is 15.9 Å². The normalized spacial score (nSPS) is 10.9. The Kier molecular flexibility index (Phi) is 4.13. The molecule has 23 heavy (non-hydrogen) atoms. The number of halogens is 2. The first-order chi connectivity index (χ1) is 11.2. The fourth-order valence-electron chi connectivity index (χ4n) is 2.13. The van der Waals surface area contributed by atoms with Crippen LogP contribution in [-0.2, 0) is 6.61 Å². The summed E-state index contributed by atoms with van der Waals surface area (Å²) in [6, 6.07) is 3.64. The van der Waals surface area contributed by atoms with Crippen molar-refractivity contribution < 1.29 is 23.0 Å². The van der Waals surface area contributed by atoms with E-state index in [1.165, 1.54) is 6.20 Å². The van der Waals surface area contributed by atoms with Crippen molar-refractivity contribution in [2.45, 2.75) is 13.2 Å². The minimum Gasteiger partial charge on any atom is -0.486 e. The van der Waals surface area contributed by atoms with Crippen LogP contribution in [0.25, 0.3) is 5.65 Å². The molecule has 3 rings (SSSR count). The summed E-state index contributed by atoms with van der Waals surface area (Å²) in [6.07, 6.45) is 7.97. The molecule has 0 bridgehead atoms. The highest BCUT2D eigenvalue weighted by atomic mass is 19.3. The molecule has 0 aromatic carbocycles. The second-order valence-electron chi connectivity index (χ2n) is 4.53. The number of aromatic nitrogens is 3. The van der Waals surface area contributed by atoms with Crippen molar-refractivity contribution in [1.82, 2.24) is 14.4 Å². The van der Waals surface area contributed by atoms with E-state index in [4.69, 9.17) is 4.74 Å². The number of nitrogens with zero attached hydrogens (tertiary/aromatic N) is 3. The number of hydrogen-bond donors (Lipinski definition) is 0. The van der Waals surface area contributed by atoms with Crippen molar-refractivity contribution >= 4 is 11.9 Å². The summed E-state index contributed by atoms with van der Waals surface area (Å²) in [5.74, 6) is -0.266. The Bertz CT molecular complexity index is 836. The van der Waals surface area contributed by atoms with E-state index in [2.05, 4.69) is 14.7 Å². The molecule has 0 aliphatic carbocycles. The summed E-state index contributed by atoms with van der Waals surface area (Å²) >= 11 is 0. The maximum absolute atomic E-state index is 12.3. The van der Waals surface area contributed by atoms with E-state index < -0.39 is 6.61 Å². The molecule has 8 heteroatoms. The van der Waals surface area contributed by atoms with Crippen LogP contribution in [0, 0.1) is 0 Å². The maximum Gasteiger partial charge on any atom is 0.387 e. The number of carbonyl (C=O) groups is 1. The van der Waals surface area contributed by atoms with E-state index in [9.17, 15) is 13.6 Å². The average molecular weight is 319 g/mol. The highest BCUT2D eigenvalue weighted by Gasteiger charge is 2.15. The molecule has 0 saturated heterocycles. The summed E-state index contributed by atoms with van der Waals surface area (Å²) in [5.41, 5.74) is 1.36. The van der Waals surface area contributed by atoms with Gasteiger partial charge in [0.25, 0.3) is 0 Å². The maximum atomic E-state index is 12.3. The van der Waals surface area contributed by atoms with E-state index in [1.807, 2.05) is 22.7 Å². The molecule has 0 saturated carbocycles. The first-order valence-electron chi connectivity index (χ1n) is 6.60. The van der Waals surface area contributed by atoms with Gasteiger partial charge in [-0.1, -0.05) is 6.07 Å². The van der Waals surface area contributed by atoms with Gasteiger partial charge < -0.3 is 13.9 Å². The minimum atomic E-state index is -3.05. The number of rotatable bonds is 6. The van der Waals surface area contributed by atoms with Crippen LogP contribution in [0.15, 0.2) is 43.1 Å². The highest BCUT2D eigenvalue weighted by molar-refractivity contribution is 5.83. The van der Waals surface area contributed by atoms with Gasteiger partial charge in [-0.2, -0.15) is 8.78 Å². The first-order valence-corrected chi connectivity index (χ1v) is 6.60. The lowest BCUT2D eigenvalue weighted by atomic mass is 10.2. The summed E-state index contributed by atoms with van der Waals surface area (Å²) in [5, 5.41) is 0. The summed E-state index contributed by atoms with van der Waals surface area (Å²) in [4.78, 5) is 19.1. The molecule has 6 nitrogen and oxygen atoms in total. The molecule has 0 aliphatic rings. The number of hydrogen-bond acceptors (Lipinski definition) is 5. The smallest absolute Gasteiger partial charge is 0.387 e. The Morgan fingerprint density at radius 1 is 1.26 bits per heavy atom. The predicted octanol–water partition coefficient (Wildman–Crippen LogP) is 2.72. The molecular weight excluding hydrogens is 308 g/mol. The molecule has 3 aromatic rings. The quantitative estimate of drug-likeness (QED) is 0.654. The van der Waals surface area contributed by atoms with Gasteiger partial charge in [-0.05, 0) is 6.07 Å². The molecule has 0 fully saturated rings. The second kappa shape index (κ2) is 6.39. The van der Waals surface area contributed by atoms with Crippen LogP contribution < -0.4 is 9.47 Å². The van der Waals surface area contributed by atoms with E-state index in [0.717, 1.165) is 11.8 Å². The van der Waals surface area contributed by atoms with Crippen molar-refractivity contribution in [3.05, 3.63) is 54.2 Å². The Morgan fingerprint density at radius 2 is 2.09 bits per heavy atom. The van der Waals surface area contributed by atoms with Gasteiger partial charge in [-0.15, -0.1) is 0 Å². The molecule has 118 valence electrons. The highest BCUT2D eigenvalue weighted by Crippen LogP contribution is 2.27. The van der Waals surface area contributed by atoms with E-state index in [-0.39, 0.29) is 23.7 Å². The molecule has 0 amide bonds. The van der Waals surface area contributed by atoms with E-state index in [1.54, 1.807) is 12.4 Å². The number of ether oxygens (including phenoxy) is 2. The van der Waals surface area contributed by atoms with Gasteiger partial charge in [-0.25, -0.2) is 4.98 Å². The fraction of sp³-hybridized carbons (Fsp3) is 0.133. The van der Waals surface area contributed by atoms with Crippen molar-refractivity contribution in [2.24, 2.45) is 0 Å². The second-order valence-corrected chi connectivity index (χ2v) is 4.53. The standard InChI is InChI=1S/C15H11F2N3O3/c16-15(17)23-13-7-18-6-12(11(13)8-21)22-9-10-2-1-4-20-5-3-19-14(10)20/h1-8,15H,9H2. The van der Waals surface area contributed by atoms with Gasteiger partial charge >= 0.3 is 6.61 Å². The molecule has 0 N–H and O–H groups in total. The van der Waals surface area contributed by atoms with Crippen LogP contribution in [-0.4, -0.2) is 27.3 Å². The van der Waals surface area contributed by atoms with Crippen LogP contribution in [0.4, 0.5) is 8.78 Å². The van der Waals surface area contributed by atoms with Gasteiger partial charge in [0.15, 0.2) is 17.8 Å². The van der Waals surface area contributed by atoms with E-state index >= 15 is 0 Å². The zero-order valence-corrected chi connectivity index (χ0v) is 11.7. The number of carbonyl (C=O) groups excluding carboxylic acids is 1. The third-order valence-electron chi connectivity index (χ3n) is 3.13. The summed E-state index contributed by atoms with van der Waals surface area (Å²) in [7, 11) is 0. The number of fused-ring (bicyclic) bond motifs is 1. The van der Waals surface area contributed by atoms with Crippen LogP contribution in [0.5, 0.6) is 11.5 Å². The number of imidazole rings is 1. The predicted molar refractivity (Wildman–Crippen MR) is 75.8 cm³/mol. The lowest BCUT2D eigenvalue weighted by Crippen LogP contribution is -2.07. The zero-order valence-electron chi connectivity index (χ0n) is 11.7. The molecule has 0 spiro atoms. The van der Waals surface area contributed by atoms with Gasteiger partial charge in [0, 0.05) is 24.2 Å². The van der Waals surface area contributed by atoms with Crippen molar-refractivity contribution in [3.63, 3.8) is 0 Å². The Hall–Kier alpha value is -3.03. The lowest BCUT2D eigenvalue weighted by molar-refractivity contribution is -0.0504. The van der Waals surface area contributed by atoms with Gasteiger partial charge in [0.05, 0.1) is 12.4 Å². The van der Waals surface area contributed by atoms with Gasteiger partial charge in [-0.3, -0.25) is 9.78 Å². The Labute approximate surface area is 129 Å². The molecule has 0 radical (unpaired) electrons. The average Bonchev–Trinajstić information content (AvgIpc) is 3.01. The first kappa shape index (κ1) is 14.9. The van der Waals surface area contributed by atoms with Crippen LogP contribution in [0.2, 0.25) is 0 Å². The Morgan fingerprint density at radius 3 is 2.87 bits per heavy atom. The van der Waals surface area contributed by atoms with Gasteiger partial charge in [0.2, 0.25) is 0 Å². The molecule has 3 aromatic heterocycles. The largest absolute Gasteiger partial charge is 0.486 e. The Balaban J connectivity index is 1.85. The van der Waals surface area contributed by atoms with Crippen LogP contribution in [0.3, 0.4) is 0 Å². The number of pyridine rings is 2. The molecule has 0 unspecified atom stereocenters. The summed E-state index contributed by atoms with van der Waals surface area (Å²) in [6.45, 7) is -2.95. The van der Waals surface area contributed by atoms with Crippen molar-refractivity contribution in [2.75, 3.05) is 0 Å². The van der Waals surface area contributed by atoms with Crippen molar-refractivity contribution in [3.8, 4) is 11.5 Å². The number of alkyl halides is 2. The summed E-state index contributed by atoms with van der Waals surface area (Å²) < 4.78 is 36.3. The van der Waals surface area contributed by atoms with Crippen molar-refractivity contribution in [1.29, 1.82) is 0 Å².